The number of carbonyl (C=O) groups is 1. The minimum absolute atomic E-state index is 0.0479. The van der Waals surface area contributed by atoms with Gasteiger partial charge in [0.05, 0.1) is 6.04 Å². The monoisotopic (exact) mass is 415 g/mol. The molecule has 4 rings (SSSR count). The largest absolute Gasteiger partial charge is 0.352 e. The second-order valence-corrected chi connectivity index (χ2v) is 7.96. The van der Waals surface area contributed by atoms with E-state index in [9.17, 15) is 4.79 Å². The van der Waals surface area contributed by atoms with Crippen molar-refractivity contribution in [1.82, 2.24) is 5.32 Å². The Bertz CT molecular complexity index is 1020. The van der Waals surface area contributed by atoms with E-state index in [1.807, 2.05) is 47.4 Å². The average Bonchev–Trinajstić information content (AvgIpc) is 3.20. The van der Waals surface area contributed by atoms with Gasteiger partial charge in [-0.2, -0.15) is 0 Å². The zero-order valence-corrected chi connectivity index (χ0v) is 17.8. The highest BCUT2D eigenvalue weighted by Crippen LogP contribution is 2.25. The van der Waals surface area contributed by atoms with Gasteiger partial charge in [-0.05, 0) is 61.0 Å². The molecule has 1 heterocycles. The zero-order valence-electron chi connectivity index (χ0n) is 17.0. The molecule has 0 aromatic heterocycles. The maximum Gasteiger partial charge on any atom is 0.227 e. The molecule has 3 aromatic rings. The molecule has 0 spiro atoms. The van der Waals surface area contributed by atoms with Crippen molar-refractivity contribution in [3.8, 4) is 0 Å². The summed E-state index contributed by atoms with van der Waals surface area (Å²) in [5.41, 5.74) is 5.34. The summed E-state index contributed by atoms with van der Waals surface area (Å²) in [6.45, 7) is 2.88. The van der Waals surface area contributed by atoms with E-state index in [1.54, 1.807) is 0 Å². The molecule has 2 N–H and O–H groups in total. The summed E-state index contributed by atoms with van der Waals surface area (Å²) >= 11 is 5.61. The highest BCUT2D eigenvalue weighted by atomic mass is 32.1. The van der Waals surface area contributed by atoms with Gasteiger partial charge in [-0.25, -0.2) is 0 Å². The van der Waals surface area contributed by atoms with E-state index in [0.29, 0.717) is 11.5 Å². The normalized spacial score (nSPS) is 14.4. The Balaban J connectivity index is 1.47. The number of nitrogens with one attached hydrogen (secondary N) is 2. The Hall–Kier alpha value is -3.18. The minimum Gasteiger partial charge on any atom is -0.352 e. The third-order valence-electron chi connectivity index (χ3n) is 5.33. The minimum atomic E-state index is -0.0479. The maximum absolute atomic E-state index is 11.9. The molecule has 0 bridgehead atoms. The number of nitrogens with zero attached hydrogens (tertiary/aromatic N) is 1. The molecule has 0 aliphatic carbocycles. The van der Waals surface area contributed by atoms with Crippen LogP contribution in [0.4, 0.5) is 11.4 Å². The molecule has 1 amide bonds. The molecule has 5 heteroatoms. The molecule has 0 saturated carbocycles. The van der Waals surface area contributed by atoms with Crippen LogP contribution in [0.15, 0.2) is 78.9 Å². The van der Waals surface area contributed by atoms with Gasteiger partial charge in [-0.1, -0.05) is 60.2 Å². The average molecular weight is 416 g/mol. The first kappa shape index (κ1) is 20.1. The van der Waals surface area contributed by atoms with Crippen molar-refractivity contribution in [3.63, 3.8) is 0 Å². The maximum atomic E-state index is 11.9. The summed E-state index contributed by atoms with van der Waals surface area (Å²) in [6.07, 6.45) is 1.56. The molecule has 1 fully saturated rings. The van der Waals surface area contributed by atoms with E-state index in [2.05, 4.69) is 54.0 Å². The van der Waals surface area contributed by atoms with E-state index in [4.69, 9.17) is 12.2 Å². The van der Waals surface area contributed by atoms with Crippen molar-refractivity contribution in [3.05, 3.63) is 95.6 Å². The molecule has 1 saturated heterocycles. The van der Waals surface area contributed by atoms with Crippen LogP contribution >= 0.6 is 12.2 Å². The van der Waals surface area contributed by atoms with Gasteiger partial charge >= 0.3 is 0 Å². The molecular formula is C25H25N3OS. The molecule has 0 unspecified atom stereocenters. The lowest BCUT2D eigenvalue weighted by Gasteiger charge is -2.22. The van der Waals surface area contributed by atoms with Crippen LogP contribution < -0.4 is 15.5 Å². The Labute approximate surface area is 182 Å². The fraction of sp³-hybridized carbons (Fsp3) is 0.200. The molecular weight excluding hydrogens is 390 g/mol. The fourth-order valence-corrected chi connectivity index (χ4v) is 3.94. The Morgan fingerprint density at radius 3 is 2.23 bits per heavy atom. The lowest BCUT2D eigenvalue weighted by molar-refractivity contribution is -0.117. The summed E-state index contributed by atoms with van der Waals surface area (Å²) in [4.78, 5) is 13.8. The van der Waals surface area contributed by atoms with Crippen molar-refractivity contribution in [1.29, 1.82) is 0 Å². The van der Waals surface area contributed by atoms with E-state index >= 15 is 0 Å². The lowest BCUT2D eigenvalue weighted by Crippen LogP contribution is -2.33. The number of hydrogen-bond acceptors (Lipinski definition) is 2. The second kappa shape index (κ2) is 9.09. The highest BCUT2D eigenvalue weighted by Gasteiger charge is 2.21. The summed E-state index contributed by atoms with van der Waals surface area (Å²) in [7, 11) is 0. The molecule has 30 heavy (non-hydrogen) atoms. The number of anilines is 2. The highest BCUT2D eigenvalue weighted by molar-refractivity contribution is 7.80. The van der Waals surface area contributed by atoms with Gasteiger partial charge in [0.25, 0.3) is 0 Å². The summed E-state index contributed by atoms with van der Waals surface area (Å²) in [5.74, 6) is 0.191. The number of benzene rings is 3. The molecule has 4 nitrogen and oxygen atoms in total. The van der Waals surface area contributed by atoms with Crippen LogP contribution in [-0.2, 0) is 4.79 Å². The summed E-state index contributed by atoms with van der Waals surface area (Å²) < 4.78 is 0. The van der Waals surface area contributed by atoms with Gasteiger partial charge in [0.1, 0.15) is 0 Å². The summed E-state index contributed by atoms with van der Waals surface area (Å²) in [6, 6.07) is 26.6. The predicted molar refractivity (Wildman–Crippen MR) is 127 cm³/mol. The Morgan fingerprint density at radius 1 is 0.933 bits per heavy atom. The SMILES string of the molecule is Cc1ccc([C@@H](NC(=S)Nc2ccc(N3CCCC3=O)cc2)c2ccccc2)cc1. The van der Waals surface area contributed by atoms with Crippen LogP contribution in [0.25, 0.3) is 0 Å². The molecule has 1 atom stereocenters. The topological polar surface area (TPSA) is 44.4 Å². The van der Waals surface area contributed by atoms with Crippen molar-refractivity contribution in [2.24, 2.45) is 0 Å². The van der Waals surface area contributed by atoms with Gasteiger partial charge in [0.2, 0.25) is 5.91 Å². The smallest absolute Gasteiger partial charge is 0.227 e. The third kappa shape index (κ3) is 4.69. The number of carbonyl (C=O) groups excluding carboxylic acids is 1. The van der Waals surface area contributed by atoms with Crippen LogP contribution in [0.1, 0.15) is 35.6 Å². The van der Waals surface area contributed by atoms with Gasteiger partial charge < -0.3 is 15.5 Å². The summed E-state index contributed by atoms with van der Waals surface area (Å²) in [5, 5.41) is 7.27. The zero-order chi connectivity index (χ0) is 20.9. The van der Waals surface area contributed by atoms with Crippen molar-refractivity contribution in [2.75, 3.05) is 16.8 Å². The predicted octanol–water partition coefficient (Wildman–Crippen LogP) is 5.20. The first-order valence-electron chi connectivity index (χ1n) is 10.2. The van der Waals surface area contributed by atoms with Crippen molar-refractivity contribution in [2.45, 2.75) is 25.8 Å². The van der Waals surface area contributed by atoms with Gasteiger partial charge in [-0.15, -0.1) is 0 Å². The third-order valence-corrected chi connectivity index (χ3v) is 5.55. The number of aryl methyl sites for hydroxylation is 1. The Morgan fingerprint density at radius 2 is 1.60 bits per heavy atom. The number of hydrogen-bond donors (Lipinski definition) is 2. The number of thiocarbonyl (C=S) groups is 1. The number of amides is 1. The van der Waals surface area contributed by atoms with Crippen LogP contribution in [0, 0.1) is 6.92 Å². The quantitative estimate of drug-likeness (QED) is 0.563. The van der Waals surface area contributed by atoms with Crippen molar-refractivity contribution >= 4 is 34.6 Å². The van der Waals surface area contributed by atoms with E-state index in [1.165, 1.54) is 5.56 Å². The molecule has 0 radical (unpaired) electrons. The van der Waals surface area contributed by atoms with Crippen LogP contribution in [0.2, 0.25) is 0 Å². The molecule has 3 aromatic carbocycles. The van der Waals surface area contributed by atoms with Crippen LogP contribution in [0.5, 0.6) is 0 Å². The van der Waals surface area contributed by atoms with Gasteiger partial charge in [0, 0.05) is 24.3 Å². The Kier molecular flexibility index (Phi) is 6.10. The van der Waals surface area contributed by atoms with Crippen LogP contribution in [-0.4, -0.2) is 17.6 Å². The standard InChI is InChI=1S/C25H25N3OS/c1-18-9-11-20(12-10-18)24(19-6-3-2-4-7-19)27-25(30)26-21-13-15-22(16-14-21)28-17-5-8-23(28)29/h2-4,6-7,9-16,24H,5,8,17H2,1H3,(H2,26,27,30)/t24-/m0/s1. The van der Waals surface area contributed by atoms with Gasteiger partial charge in [0.15, 0.2) is 5.11 Å². The second-order valence-electron chi connectivity index (χ2n) is 7.55. The molecule has 1 aliphatic rings. The lowest BCUT2D eigenvalue weighted by atomic mass is 9.98. The molecule has 1 aliphatic heterocycles. The van der Waals surface area contributed by atoms with E-state index in [-0.39, 0.29) is 11.9 Å². The van der Waals surface area contributed by atoms with Gasteiger partial charge in [-0.3, -0.25) is 4.79 Å². The number of rotatable bonds is 5. The van der Waals surface area contributed by atoms with E-state index < -0.39 is 0 Å². The molecule has 152 valence electrons. The van der Waals surface area contributed by atoms with Crippen LogP contribution in [0.3, 0.4) is 0 Å². The van der Waals surface area contributed by atoms with Crippen molar-refractivity contribution < 1.29 is 4.79 Å². The first-order chi connectivity index (χ1) is 14.6. The fourth-order valence-electron chi connectivity index (χ4n) is 3.71. The first-order valence-corrected chi connectivity index (χ1v) is 10.6. The van der Waals surface area contributed by atoms with E-state index in [0.717, 1.165) is 35.5 Å².